The fraction of sp³-hybridized carbons (Fsp3) is 0.400. The molecule has 0 N–H and O–H groups in total. The van der Waals surface area contributed by atoms with E-state index in [1.807, 2.05) is 26.0 Å². The zero-order valence-electron chi connectivity index (χ0n) is 11.2. The van der Waals surface area contributed by atoms with Crippen molar-refractivity contribution >= 4 is 5.78 Å². The molecule has 0 saturated carbocycles. The van der Waals surface area contributed by atoms with Gasteiger partial charge in [-0.05, 0) is 24.6 Å². The van der Waals surface area contributed by atoms with Crippen LogP contribution in [0, 0.1) is 6.92 Å². The van der Waals surface area contributed by atoms with Crippen LogP contribution < -0.4 is 9.47 Å². The first-order valence-electron chi connectivity index (χ1n) is 5.95. The molecule has 1 aromatic carbocycles. The molecule has 18 heavy (non-hydrogen) atoms. The minimum absolute atomic E-state index is 0.153. The molecule has 96 valence electrons. The van der Waals surface area contributed by atoms with Crippen molar-refractivity contribution in [1.82, 2.24) is 0 Å². The zero-order chi connectivity index (χ0) is 13.3. The largest absolute Gasteiger partial charge is 0.493 e. The first-order valence-corrected chi connectivity index (χ1v) is 5.95. The Labute approximate surface area is 107 Å². The van der Waals surface area contributed by atoms with Crippen LogP contribution in [0.5, 0.6) is 11.5 Å². The van der Waals surface area contributed by atoms with E-state index in [-0.39, 0.29) is 11.2 Å². The van der Waals surface area contributed by atoms with Crippen LogP contribution in [0.15, 0.2) is 24.3 Å². The number of ether oxygens (including phenoxy) is 2. The molecule has 0 aromatic heterocycles. The van der Waals surface area contributed by atoms with Crippen molar-refractivity contribution in [2.75, 3.05) is 14.2 Å². The Bertz CT molecular complexity index is 517. The van der Waals surface area contributed by atoms with Crippen LogP contribution in [0.1, 0.15) is 24.5 Å². The van der Waals surface area contributed by atoms with Gasteiger partial charge in [0.2, 0.25) is 0 Å². The predicted octanol–water partition coefficient (Wildman–Crippen LogP) is 2.80. The van der Waals surface area contributed by atoms with Crippen LogP contribution in [0.3, 0.4) is 0 Å². The topological polar surface area (TPSA) is 35.5 Å². The molecule has 0 spiro atoms. The quantitative estimate of drug-likeness (QED) is 0.822. The van der Waals surface area contributed by atoms with Gasteiger partial charge in [-0.15, -0.1) is 0 Å². The maximum atomic E-state index is 11.5. The molecule has 3 heteroatoms. The fourth-order valence-corrected chi connectivity index (χ4v) is 2.47. The molecule has 0 bridgehead atoms. The molecule has 0 saturated heterocycles. The number of benzene rings is 1. The van der Waals surface area contributed by atoms with Crippen LogP contribution in [-0.2, 0) is 10.2 Å². The van der Waals surface area contributed by atoms with Crippen LogP contribution >= 0.6 is 0 Å². The zero-order valence-corrected chi connectivity index (χ0v) is 11.2. The van der Waals surface area contributed by atoms with Crippen LogP contribution in [0.25, 0.3) is 0 Å². The molecule has 0 radical (unpaired) electrons. The third-order valence-electron chi connectivity index (χ3n) is 3.42. The summed E-state index contributed by atoms with van der Waals surface area (Å²) in [5.74, 6) is 1.58. The molecule has 1 aliphatic carbocycles. The van der Waals surface area contributed by atoms with E-state index in [1.165, 1.54) is 0 Å². The van der Waals surface area contributed by atoms with Gasteiger partial charge < -0.3 is 9.47 Å². The molecule has 2 rings (SSSR count). The lowest BCUT2D eigenvalue weighted by atomic mass is 9.80. The van der Waals surface area contributed by atoms with Gasteiger partial charge >= 0.3 is 0 Å². The highest BCUT2D eigenvalue weighted by atomic mass is 16.5. The Morgan fingerprint density at radius 2 is 1.94 bits per heavy atom. The molecule has 0 unspecified atom stereocenters. The summed E-state index contributed by atoms with van der Waals surface area (Å²) >= 11 is 0. The monoisotopic (exact) mass is 246 g/mol. The molecular formula is C15H18O3. The smallest absolute Gasteiger partial charge is 0.164 e. The first kappa shape index (κ1) is 12.7. The summed E-state index contributed by atoms with van der Waals surface area (Å²) in [6.45, 7) is 4.06. The Kier molecular flexibility index (Phi) is 3.16. The van der Waals surface area contributed by atoms with Gasteiger partial charge in [0, 0.05) is 17.4 Å². The van der Waals surface area contributed by atoms with Gasteiger partial charge in [0.15, 0.2) is 17.3 Å². The molecule has 3 nitrogen and oxygen atoms in total. The van der Waals surface area contributed by atoms with Gasteiger partial charge in [-0.3, -0.25) is 4.79 Å². The van der Waals surface area contributed by atoms with Crippen molar-refractivity contribution < 1.29 is 14.3 Å². The lowest BCUT2D eigenvalue weighted by Gasteiger charge is -2.25. The lowest BCUT2D eigenvalue weighted by Crippen LogP contribution is -2.19. The van der Waals surface area contributed by atoms with E-state index in [0.717, 1.165) is 11.1 Å². The SMILES string of the molecule is COc1cc(C)cc([C@]2(C)C=CC(=O)C2)c1OC. The molecular weight excluding hydrogens is 228 g/mol. The van der Waals surface area contributed by atoms with Crippen LogP contribution in [0.2, 0.25) is 0 Å². The van der Waals surface area contributed by atoms with Gasteiger partial charge in [0.25, 0.3) is 0 Å². The number of carbonyl (C=O) groups is 1. The predicted molar refractivity (Wildman–Crippen MR) is 70.4 cm³/mol. The first-order chi connectivity index (χ1) is 8.50. The number of rotatable bonds is 3. The van der Waals surface area contributed by atoms with Gasteiger partial charge in [-0.2, -0.15) is 0 Å². The summed E-state index contributed by atoms with van der Waals surface area (Å²) < 4.78 is 10.8. The molecule has 1 aromatic rings. The number of methoxy groups -OCH3 is 2. The van der Waals surface area contributed by atoms with E-state index < -0.39 is 0 Å². The number of hydrogen-bond acceptors (Lipinski definition) is 3. The number of hydrogen-bond donors (Lipinski definition) is 0. The maximum Gasteiger partial charge on any atom is 0.164 e. The van der Waals surface area contributed by atoms with E-state index in [2.05, 4.69) is 6.07 Å². The minimum Gasteiger partial charge on any atom is -0.493 e. The standard InChI is InChI=1S/C15H18O3/c1-10-7-12(14(18-4)13(8-10)17-3)15(2)6-5-11(16)9-15/h5-8H,9H2,1-4H3/t15-/m1/s1. The second-order valence-corrected chi connectivity index (χ2v) is 4.94. The number of ketones is 1. The molecule has 1 atom stereocenters. The van der Waals surface area contributed by atoms with E-state index in [4.69, 9.17) is 9.47 Å². The summed E-state index contributed by atoms with van der Waals surface area (Å²) in [6, 6.07) is 4.00. The highest BCUT2D eigenvalue weighted by Crippen LogP contribution is 2.44. The van der Waals surface area contributed by atoms with Crippen molar-refractivity contribution in [3.63, 3.8) is 0 Å². The van der Waals surface area contributed by atoms with Gasteiger partial charge in [-0.1, -0.05) is 19.1 Å². The Hall–Kier alpha value is -1.77. The molecule has 0 heterocycles. The number of carbonyl (C=O) groups excluding carboxylic acids is 1. The van der Waals surface area contributed by atoms with Gasteiger partial charge in [0.05, 0.1) is 14.2 Å². The number of allylic oxidation sites excluding steroid dienone is 2. The van der Waals surface area contributed by atoms with E-state index >= 15 is 0 Å². The van der Waals surface area contributed by atoms with Crippen LogP contribution in [-0.4, -0.2) is 20.0 Å². The summed E-state index contributed by atoms with van der Waals surface area (Å²) in [6.07, 6.45) is 4.08. The molecule has 0 aliphatic heterocycles. The summed E-state index contributed by atoms with van der Waals surface area (Å²) in [5.41, 5.74) is 1.79. The minimum atomic E-state index is -0.304. The highest BCUT2D eigenvalue weighted by Gasteiger charge is 2.34. The van der Waals surface area contributed by atoms with E-state index in [1.54, 1.807) is 20.3 Å². The Balaban J connectivity index is 2.60. The van der Waals surface area contributed by atoms with Crippen molar-refractivity contribution in [3.8, 4) is 11.5 Å². The Morgan fingerprint density at radius 1 is 1.22 bits per heavy atom. The average Bonchev–Trinajstić information content (AvgIpc) is 2.69. The van der Waals surface area contributed by atoms with Crippen molar-refractivity contribution in [1.29, 1.82) is 0 Å². The average molecular weight is 246 g/mol. The van der Waals surface area contributed by atoms with Crippen molar-refractivity contribution in [2.24, 2.45) is 0 Å². The Morgan fingerprint density at radius 3 is 2.44 bits per heavy atom. The molecule has 0 fully saturated rings. The van der Waals surface area contributed by atoms with Crippen molar-refractivity contribution in [2.45, 2.75) is 25.7 Å². The third kappa shape index (κ3) is 2.01. The van der Waals surface area contributed by atoms with E-state index in [0.29, 0.717) is 17.9 Å². The number of aryl methyl sites for hydroxylation is 1. The highest BCUT2D eigenvalue weighted by molar-refractivity contribution is 5.94. The third-order valence-corrected chi connectivity index (χ3v) is 3.42. The van der Waals surface area contributed by atoms with E-state index in [9.17, 15) is 4.79 Å². The fourth-order valence-electron chi connectivity index (χ4n) is 2.47. The summed E-state index contributed by atoms with van der Waals surface area (Å²) in [5, 5.41) is 0. The molecule has 0 amide bonds. The maximum absolute atomic E-state index is 11.5. The van der Waals surface area contributed by atoms with Gasteiger partial charge in [-0.25, -0.2) is 0 Å². The molecule has 1 aliphatic rings. The lowest BCUT2D eigenvalue weighted by molar-refractivity contribution is -0.114. The van der Waals surface area contributed by atoms with Crippen LogP contribution in [0.4, 0.5) is 0 Å². The summed E-state index contributed by atoms with van der Waals surface area (Å²) in [7, 11) is 3.25. The normalized spacial score (nSPS) is 22.3. The van der Waals surface area contributed by atoms with Gasteiger partial charge in [0.1, 0.15) is 0 Å². The van der Waals surface area contributed by atoms with Crippen molar-refractivity contribution in [3.05, 3.63) is 35.4 Å². The summed E-state index contributed by atoms with van der Waals surface area (Å²) in [4.78, 5) is 11.5. The second-order valence-electron chi connectivity index (χ2n) is 4.94. The second kappa shape index (κ2) is 4.48.